The van der Waals surface area contributed by atoms with Crippen LogP contribution < -0.4 is 11.1 Å². The smallest absolute Gasteiger partial charge is 0.273 e. The molecule has 0 atom stereocenters. The van der Waals surface area contributed by atoms with E-state index in [1.54, 1.807) is 29.8 Å². The Morgan fingerprint density at radius 1 is 1.19 bits per heavy atom. The van der Waals surface area contributed by atoms with Gasteiger partial charge in [0.15, 0.2) is 5.69 Å². The van der Waals surface area contributed by atoms with Crippen LogP contribution in [0.4, 0.5) is 0 Å². The van der Waals surface area contributed by atoms with E-state index >= 15 is 0 Å². The van der Waals surface area contributed by atoms with Crippen molar-refractivity contribution in [1.29, 1.82) is 0 Å². The predicted octanol–water partition coefficient (Wildman–Crippen LogP) is 2.41. The lowest BCUT2D eigenvalue weighted by molar-refractivity contribution is 0.0947. The lowest BCUT2D eigenvalue weighted by Gasteiger charge is -2.06. The molecule has 27 heavy (non-hydrogen) atoms. The second-order valence-electron chi connectivity index (χ2n) is 5.99. The molecule has 0 aliphatic heterocycles. The number of benzene rings is 2. The first-order valence-electron chi connectivity index (χ1n) is 8.31. The number of amides is 2. The number of halogens is 1. The van der Waals surface area contributed by atoms with Crippen LogP contribution in [-0.4, -0.2) is 33.4 Å². The summed E-state index contributed by atoms with van der Waals surface area (Å²) in [6.45, 7) is 2.20. The molecule has 3 N–H and O–H groups in total. The lowest BCUT2D eigenvalue weighted by Crippen LogP contribution is -2.27. The Labute approximate surface area is 164 Å². The molecule has 3 rings (SSSR count). The molecule has 0 saturated heterocycles. The van der Waals surface area contributed by atoms with Crippen molar-refractivity contribution in [2.45, 2.75) is 13.3 Å². The summed E-state index contributed by atoms with van der Waals surface area (Å²) < 4.78 is 2.54. The maximum absolute atomic E-state index is 12.4. The number of rotatable bonds is 6. The number of hydrogen-bond donors (Lipinski definition) is 2. The van der Waals surface area contributed by atoms with Crippen LogP contribution in [0.5, 0.6) is 0 Å². The SMILES string of the molecule is Cc1c(C(=O)NCCc2cccc(C(N)=O)c2)nnn1-c1cccc(Br)c1. The zero-order chi connectivity index (χ0) is 19.4. The average molecular weight is 428 g/mol. The molecule has 2 aromatic carbocycles. The fourth-order valence-electron chi connectivity index (χ4n) is 2.68. The van der Waals surface area contributed by atoms with Crippen LogP contribution in [0.25, 0.3) is 5.69 Å². The van der Waals surface area contributed by atoms with Crippen molar-refractivity contribution in [1.82, 2.24) is 20.3 Å². The summed E-state index contributed by atoms with van der Waals surface area (Å²) in [6, 6.07) is 14.6. The minimum Gasteiger partial charge on any atom is -0.366 e. The van der Waals surface area contributed by atoms with Gasteiger partial charge in [-0.3, -0.25) is 9.59 Å². The first-order valence-corrected chi connectivity index (χ1v) is 9.10. The van der Waals surface area contributed by atoms with E-state index in [4.69, 9.17) is 5.73 Å². The molecule has 0 fully saturated rings. The number of hydrogen-bond acceptors (Lipinski definition) is 4. The van der Waals surface area contributed by atoms with Crippen LogP contribution in [0, 0.1) is 6.92 Å². The van der Waals surface area contributed by atoms with Crippen LogP contribution in [0.3, 0.4) is 0 Å². The number of nitrogens with zero attached hydrogens (tertiary/aromatic N) is 3. The number of aromatic nitrogens is 3. The Balaban J connectivity index is 1.65. The second kappa shape index (κ2) is 8.13. The molecule has 0 bridgehead atoms. The maximum Gasteiger partial charge on any atom is 0.273 e. The first-order chi connectivity index (χ1) is 13.0. The monoisotopic (exact) mass is 427 g/mol. The minimum absolute atomic E-state index is 0.279. The summed E-state index contributed by atoms with van der Waals surface area (Å²) in [5.41, 5.74) is 8.40. The molecule has 2 amide bonds. The van der Waals surface area contributed by atoms with Crippen LogP contribution in [0.1, 0.15) is 32.1 Å². The number of primary amides is 1. The van der Waals surface area contributed by atoms with E-state index in [1.807, 2.05) is 30.3 Å². The van der Waals surface area contributed by atoms with Crippen molar-refractivity contribution >= 4 is 27.7 Å². The van der Waals surface area contributed by atoms with Crippen molar-refractivity contribution in [2.75, 3.05) is 6.54 Å². The summed E-state index contributed by atoms with van der Waals surface area (Å²) in [5, 5.41) is 10.9. The average Bonchev–Trinajstić information content (AvgIpc) is 3.03. The first kappa shape index (κ1) is 18.8. The lowest BCUT2D eigenvalue weighted by atomic mass is 10.1. The van der Waals surface area contributed by atoms with Gasteiger partial charge in [0.1, 0.15) is 0 Å². The summed E-state index contributed by atoms with van der Waals surface area (Å²) in [7, 11) is 0. The van der Waals surface area contributed by atoms with Gasteiger partial charge >= 0.3 is 0 Å². The number of nitrogens with one attached hydrogen (secondary N) is 1. The van der Waals surface area contributed by atoms with Gasteiger partial charge in [0.25, 0.3) is 5.91 Å². The van der Waals surface area contributed by atoms with E-state index in [-0.39, 0.29) is 11.6 Å². The molecule has 1 aromatic heterocycles. The van der Waals surface area contributed by atoms with Gasteiger partial charge < -0.3 is 11.1 Å². The van der Waals surface area contributed by atoms with Gasteiger partial charge in [-0.2, -0.15) is 0 Å². The molecule has 0 aliphatic rings. The van der Waals surface area contributed by atoms with Gasteiger partial charge in [0.2, 0.25) is 5.91 Å². The van der Waals surface area contributed by atoms with Gasteiger partial charge in [0, 0.05) is 16.6 Å². The van der Waals surface area contributed by atoms with Gasteiger partial charge in [-0.05, 0) is 49.2 Å². The quantitative estimate of drug-likeness (QED) is 0.630. The minimum atomic E-state index is -0.472. The van der Waals surface area contributed by atoms with Crippen LogP contribution >= 0.6 is 15.9 Å². The van der Waals surface area contributed by atoms with Crippen LogP contribution in [-0.2, 0) is 6.42 Å². The molecular weight excluding hydrogens is 410 g/mol. The van der Waals surface area contributed by atoms with Gasteiger partial charge in [-0.15, -0.1) is 5.10 Å². The molecule has 0 saturated carbocycles. The fourth-order valence-corrected chi connectivity index (χ4v) is 3.06. The van der Waals surface area contributed by atoms with Gasteiger partial charge in [-0.1, -0.05) is 39.3 Å². The van der Waals surface area contributed by atoms with Crippen molar-refractivity contribution in [3.8, 4) is 5.69 Å². The van der Waals surface area contributed by atoms with Crippen LogP contribution in [0.2, 0.25) is 0 Å². The molecule has 3 aromatic rings. The third-order valence-electron chi connectivity index (χ3n) is 4.07. The Kier molecular flexibility index (Phi) is 5.66. The summed E-state index contributed by atoms with van der Waals surface area (Å²) in [5.74, 6) is -0.763. The van der Waals surface area contributed by atoms with E-state index in [0.29, 0.717) is 24.2 Å². The van der Waals surface area contributed by atoms with Crippen LogP contribution in [0.15, 0.2) is 53.0 Å². The predicted molar refractivity (Wildman–Crippen MR) is 105 cm³/mol. The van der Waals surface area contributed by atoms with E-state index in [2.05, 4.69) is 31.6 Å². The Bertz CT molecular complexity index is 999. The summed E-state index contributed by atoms with van der Waals surface area (Å²) in [4.78, 5) is 23.7. The Morgan fingerprint density at radius 3 is 2.70 bits per heavy atom. The van der Waals surface area contributed by atoms with Crippen molar-refractivity contribution < 1.29 is 9.59 Å². The zero-order valence-electron chi connectivity index (χ0n) is 14.6. The van der Waals surface area contributed by atoms with E-state index in [1.165, 1.54) is 0 Å². The van der Waals surface area contributed by atoms with E-state index < -0.39 is 5.91 Å². The van der Waals surface area contributed by atoms with Crippen molar-refractivity contribution in [3.05, 3.63) is 75.5 Å². The van der Waals surface area contributed by atoms with E-state index in [9.17, 15) is 9.59 Å². The van der Waals surface area contributed by atoms with Crippen molar-refractivity contribution in [3.63, 3.8) is 0 Å². The highest BCUT2D eigenvalue weighted by molar-refractivity contribution is 9.10. The molecule has 0 spiro atoms. The fraction of sp³-hybridized carbons (Fsp3) is 0.158. The number of carbonyl (C=O) groups excluding carboxylic acids is 2. The van der Waals surface area contributed by atoms with Gasteiger partial charge in [-0.25, -0.2) is 4.68 Å². The normalized spacial score (nSPS) is 10.6. The maximum atomic E-state index is 12.4. The third-order valence-corrected chi connectivity index (χ3v) is 4.57. The molecule has 7 nitrogen and oxygen atoms in total. The topological polar surface area (TPSA) is 103 Å². The highest BCUT2D eigenvalue weighted by atomic mass is 79.9. The highest BCUT2D eigenvalue weighted by Crippen LogP contribution is 2.17. The summed E-state index contributed by atoms with van der Waals surface area (Å²) >= 11 is 3.42. The largest absolute Gasteiger partial charge is 0.366 e. The number of nitrogens with two attached hydrogens (primary N) is 1. The molecule has 0 unspecified atom stereocenters. The van der Waals surface area contributed by atoms with Crippen molar-refractivity contribution in [2.24, 2.45) is 5.73 Å². The Hall–Kier alpha value is -3.00. The third kappa shape index (κ3) is 4.40. The molecule has 0 aliphatic carbocycles. The van der Waals surface area contributed by atoms with E-state index in [0.717, 1.165) is 15.7 Å². The molecule has 8 heteroatoms. The molecule has 0 radical (unpaired) electrons. The standard InChI is InChI=1S/C19H18BrN5O2/c1-12-17(23-24-25(12)16-7-3-6-15(20)11-16)19(27)22-9-8-13-4-2-5-14(10-13)18(21)26/h2-7,10-11H,8-9H2,1H3,(H2,21,26)(H,22,27). The Morgan fingerprint density at radius 2 is 1.96 bits per heavy atom. The molecule has 1 heterocycles. The zero-order valence-corrected chi connectivity index (χ0v) is 16.2. The number of carbonyl (C=O) groups is 2. The highest BCUT2D eigenvalue weighted by Gasteiger charge is 2.17. The molecular formula is C19H18BrN5O2. The summed E-state index contributed by atoms with van der Waals surface area (Å²) in [6.07, 6.45) is 0.575. The molecule has 138 valence electrons. The van der Waals surface area contributed by atoms with Gasteiger partial charge in [0.05, 0.1) is 11.4 Å². The second-order valence-corrected chi connectivity index (χ2v) is 6.90.